The van der Waals surface area contributed by atoms with Crippen molar-refractivity contribution < 1.29 is 4.79 Å². The number of H-pyrrole nitrogens is 1. The molecule has 0 bridgehead atoms. The Kier molecular flexibility index (Phi) is 4.51. The molecular formula is C22H20N4O3S. The van der Waals surface area contributed by atoms with Gasteiger partial charge in [-0.05, 0) is 50.1 Å². The number of thiazole rings is 1. The number of amides is 1. The smallest absolute Gasteiger partial charge is 0.328 e. The van der Waals surface area contributed by atoms with E-state index in [9.17, 15) is 14.4 Å². The Labute approximate surface area is 175 Å². The van der Waals surface area contributed by atoms with Gasteiger partial charge in [-0.3, -0.25) is 14.2 Å². The van der Waals surface area contributed by atoms with Crippen LogP contribution in [0.3, 0.4) is 0 Å². The van der Waals surface area contributed by atoms with Gasteiger partial charge >= 0.3 is 5.69 Å². The van der Waals surface area contributed by atoms with E-state index >= 15 is 0 Å². The molecule has 2 aromatic heterocycles. The van der Waals surface area contributed by atoms with Gasteiger partial charge in [-0.25, -0.2) is 9.78 Å². The van der Waals surface area contributed by atoms with Gasteiger partial charge in [-0.2, -0.15) is 0 Å². The first-order valence-electron chi connectivity index (χ1n) is 10.00. The molecule has 5 rings (SSSR count). The lowest BCUT2D eigenvalue weighted by Gasteiger charge is -2.23. The minimum absolute atomic E-state index is 0.0576. The number of benzene rings is 2. The molecule has 0 radical (unpaired) electrons. The summed E-state index contributed by atoms with van der Waals surface area (Å²) in [6.45, 7) is 2.70. The highest BCUT2D eigenvalue weighted by Gasteiger charge is 2.33. The van der Waals surface area contributed by atoms with Gasteiger partial charge in [-0.1, -0.05) is 12.1 Å². The van der Waals surface area contributed by atoms with Crippen molar-refractivity contribution >= 4 is 38.4 Å². The molecule has 1 saturated heterocycles. The normalized spacial score (nSPS) is 16.6. The summed E-state index contributed by atoms with van der Waals surface area (Å²) in [4.78, 5) is 47.3. The zero-order valence-corrected chi connectivity index (χ0v) is 17.2. The Balaban J connectivity index is 1.52. The number of nitrogens with one attached hydrogen (secondary N) is 1. The molecule has 0 aliphatic carbocycles. The van der Waals surface area contributed by atoms with Gasteiger partial charge in [0.1, 0.15) is 5.01 Å². The topological polar surface area (TPSA) is 88.1 Å². The number of fused-ring (bicyclic) bond motifs is 2. The Bertz CT molecular complexity index is 1370. The predicted octanol–water partition coefficient (Wildman–Crippen LogP) is 3.30. The lowest BCUT2D eigenvalue weighted by Crippen LogP contribution is -2.34. The summed E-state index contributed by atoms with van der Waals surface area (Å²) in [7, 11) is 0. The van der Waals surface area contributed by atoms with Gasteiger partial charge in [0.15, 0.2) is 0 Å². The third-order valence-electron chi connectivity index (χ3n) is 5.65. The van der Waals surface area contributed by atoms with Gasteiger partial charge in [-0.15, -0.1) is 11.3 Å². The van der Waals surface area contributed by atoms with Crippen molar-refractivity contribution in [3.05, 3.63) is 73.9 Å². The van der Waals surface area contributed by atoms with E-state index in [4.69, 9.17) is 4.98 Å². The van der Waals surface area contributed by atoms with E-state index in [1.165, 1.54) is 0 Å². The van der Waals surface area contributed by atoms with Gasteiger partial charge in [0, 0.05) is 18.7 Å². The molecule has 1 fully saturated rings. The molecule has 1 unspecified atom stereocenters. The number of carbonyl (C=O) groups is 1. The number of para-hydroxylation sites is 1. The molecule has 3 heterocycles. The zero-order chi connectivity index (χ0) is 20.8. The average Bonchev–Trinajstić information content (AvgIpc) is 3.39. The van der Waals surface area contributed by atoms with Gasteiger partial charge in [0.05, 0.1) is 27.2 Å². The fourth-order valence-electron chi connectivity index (χ4n) is 4.14. The number of aromatic nitrogens is 3. The maximum absolute atomic E-state index is 13.3. The van der Waals surface area contributed by atoms with E-state index in [1.54, 1.807) is 36.5 Å². The van der Waals surface area contributed by atoms with Crippen molar-refractivity contribution in [2.75, 3.05) is 6.54 Å². The van der Waals surface area contributed by atoms with Gasteiger partial charge in [0.25, 0.3) is 11.5 Å². The Hall–Kier alpha value is -3.26. The van der Waals surface area contributed by atoms with Crippen LogP contribution in [0.15, 0.2) is 52.1 Å². The van der Waals surface area contributed by atoms with Crippen molar-refractivity contribution in [1.82, 2.24) is 19.4 Å². The number of rotatable bonds is 3. The summed E-state index contributed by atoms with van der Waals surface area (Å²) in [5.74, 6) is -0.112. The fourth-order valence-corrected chi connectivity index (χ4v) is 5.25. The largest absolute Gasteiger partial charge is 0.329 e. The van der Waals surface area contributed by atoms with Crippen LogP contribution in [0.2, 0.25) is 0 Å². The Morgan fingerprint density at radius 3 is 2.87 bits per heavy atom. The lowest BCUT2D eigenvalue weighted by molar-refractivity contribution is 0.0735. The number of likely N-dealkylation sites (tertiary alicyclic amines) is 1. The molecule has 152 valence electrons. The summed E-state index contributed by atoms with van der Waals surface area (Å²) in [6.07, 6.45) is 1.79. The summed E-state index contributed by atoms with van der Waals surface area (Å²) in [6, 6.07) is 12.8. The number of hydrogen-bond acceptors (Lipinski definition) is 5. The minimum Gasteiger partial charge on any atom is -0.329 e. The third kappa shape index (κ3) is 2.95. The highest BCUT2D eigenvalue weighted by molar-refractivity contribution is 7.18. The standard InChI is InChI=1S/C22H20N4O3S/c1-2-25-21(28)14-10-9-13(12-16(14)24-22(25)29)20(27)26-11-5-7-17(26)19-23-15-6-3-4-8-18(15)30-19/h3-4,6,8-10,12,17H,2,5,7,11H2,1H3,(H,24,29). The van der Waals surface area contributed by atoms with Gasteiger partial charge < -0.3 is 9.88 Å². The molecule has 2 aromatic carbocycles. The van der Waals surface area contributed by atoms with Crippen LogP contribution in [-0.2, 0) is 6.54 Å². The molecular weight excluding hydrogens is 400 g/mol. The molecule has 0 saturated carbocycles. The van der Waals surface area contributed by atoms with E-state index in [2.05, 4.69) is 4.98 Å². The van der Waals surface area contributed by atoms with Crippen molar-refractivity contribution in [3.8, 4) is 0 Å². The van der Waals surface area contributed by atoms with Crippen LogP contribution in [0.4, 0.5) is 0 Å². The van der Waals surface area contributed by atoms with Crippen LogP contribution in [0.1, 0.15) is 41.2 Å². The molecule has 8 heteroatoms. The predicted molar refractivity (Wildman–Crippen MR) is 117 cm³/mol. The second-order valence-electron chi connectivity index (χ2n) is 7.42. The van der Waals surface area contributed by atoms with Crippen LogP contribution in [0, 0.1) is 0 Å². The molecule has 4 aromatic rings. The van der Waals surface area contributed by atoms with Crippen LogP contribution in [0.25, 0.3) is 21.1 Å². The van der Waals surface area contributed by atoms with Crippen molar-refractivity contribution in [2.45, 2.75) is 32.4 Å². The van der Waals surface area contributed by atoms with Crippen LogP contribution < -0.4 is 11.2 Å². The number of aromatic amines is 1. The minimum atomic E-state index is -0.465. The first-order chi connectivity index (χ1) is 14.6. The summed E-state index contributed by atoms with van der Waals surface area (Å²) in [5, 5.41) is 1.35. The van der Waals surface area contributed by atoms with Crippen LogP contribution in [0.5, 0.6) is 0 Å². The average molecular weight is 420 g/mol. The maximum Gasteiger partial charge on any atom is 0.328 e. The zero-order valence-electron chi connectivity index (χ0n) is 16.4. The van der Waals surface area contributed by atoms with Crippen molar-refractivity contribution in [1.29, 1.82) is 0 Å². The highest BCUT2D eigenvalue weighted by atomic mass is 32.1. The molecule has 1 amide bonds. The Morgan fingerprint density at radius 1 is 1.23 bits per heavy atom. The van der Waals surface area contributed by atoms with Crippen LogP contribution in [-0.4, -0.2) is 31.9 Å². The Morgan fingerprint density at radius 2 is 2.07 bits per heavy atom. The van der Waals surface area contributed by atoms with E-state index in [0.717, 1.165) is 32.6 Å². The molecule has 30 heavy (non-hydrogen) atoms. The monoisotopic (exact) mass is 420 g/mol. The third-order valence-corrected chi connectivity index (χ3v) is 6.79. The summed E-state index contributed by atoms with van der Waals surface area (Å²) in [5.41, 5.74) is 0.986. The quantitative estimate of drug-likeness (QED) is 0.551. The first-order valence-corrected chi connectivity index (χ1v) is 10.8. The lowest BCUT2D eigenvalue weighted by atomic mass is 10.1. The number of carbonyl (C=O) groups excluding carboxylic acids is 1. The van der Waals surface area contributed by atoms with E-state index in [1.807, 2.05) is 29.2 Å². The van der Waals surface area contributed by atoms with E-state index in [-0.39, 0.29) is 17.5 Å². The second kappa shape index (κ2) is 7.21. The van der Waals surface area contributed by atoms with E-state index < -0.39 is 5.69 Å². The molecule has 1 N–H and O–H groups in total. The number of nitrogens with zero attached hydrogens (tertiary/aromatic N) is 3. The maximum atomic E-state index is 13.3. The van der Waals surface area contributed by atoms with Crippen molar-refractivity contribution in [2.24, 2.45) is 0 Å². The molecule has 1 aliphatic heterocycles. The van der Waals surface area contributed by atoms with Gasteiger partial charge in [0.2, 0.25) is 0 Å². The van der Waals surface area contributed by atoms with Crippen LogP contribution >= 0.6 is 11.3 Å². The number of hydrogen-bond donors (Lipinski definition) is 1. The first kappa shape index (κ1) is 18.7. The molecule has 1 aliphatic rings. The summed E-state index contributed by atoms with van der Waals surface area (Å²) < 4.78 is 2.26. The second-order valence-corrected chi connectivity index (χ2v) is 8.48. The highest BCUT2D eigenvalue weighted by Crippen LogP contribution is 2.37. The summed E-state index contributed by atoms with van der Waals surface area (Å²) >= 11 is 1.62. The van der Waals surface area contributed by atoms with Crippen molar-refractivity contribution in [3.63, 3.8) is 0 Å². The fraction of sp³-hybridized carbons (Fsp3) is 0.273. The molecule has 1 atom stereocenters. The SMILES string of the molecule is CCn1c(=O)[nH]c2cc(C(=O)N3CCCC3c3nc4ccccc4s3)ccc2c1=O. The molecule has 0 spiro atoms. The van der Waals surface area contributed by atoms with E-state index in [0.29, 0.717) is 29.6 Å². The molecule has 7 nitrogen and oxygen atoms in total.